The Kier molecular flexibility index (Phi) is 7.39. The molecule has 2 amide bonds. The van der Waals surface area contributed by atoms with Gasteiger partial charge in [0.25, 0.3) is 0 Å². The first-order chi connectivity index (χ1) is 14.3. The van der Waals surface area contributed by atoms with Crippen molar-refractivity contribution in [1.82, 2.24) is 5.32 Å². The number of amides is 2. The van der Waals surface area contributed by atoms with Crippen LogP contribution in [0.2, 0.25) is 0 Å². The van der Waals surface area contributed by atoms with Gasteiger partial charge in [-0.05, 0) is 49.4 Å². The van der Waals surface area contributed by atoms with Crippen molar-refractivity contribution in [2.24, 2.45) is 0 Å². The fourth-order valence-corrected chi connectivity index (χ4v) is 4.66. The normalized spacial score (nSPS) is 16.4. The quantitative estimate of drug-likeness (QED) is 0.710. The van der Waals surface area contributed by atoms with Crippen LogP contribution in [-0.2, 0) is 31.5 Å². The van der Waals surface area contributed by atoms with Gasteiger partial charge in [0.05, 0.1) is 6.61 Å². The highest BCUT2D eigenvalue weighted by molar-refractivity contribution is 7.86. The summed E-state index contributed by atoms with van der Waals surface area (Å²) in [6.45, 7) is 6.77. The minimum absolute atomic E-state index is 0.205. The maximum absolute atomic E-state index is 12.3. The third-order valence-corrected chi connectivity index (χ3v) is 6.27. The number of hydrogen-bond donors (Lipinski definition) is 2. The molecule has 0 saturated heterocycles. The Hall–Kier alpha value is -2.51. The van der Waals surface area contributed by atoms with Gasteiger partial charge in [0.1, 0.15) is 17.6 Å². The van der Waals surface area contributed by atoms with Crippen LogP contribution >= 0.6 is 0 Å². The zero-order valence-corrected chi connectivity index (χ0v) is 18.4. The molecule has 0 radical (unpaired) electrons. The van der Waals surface area contributed by atoms with Gasteiger partial charge in [0.15, 0.2) is 0 Å². The summed E-state index contributed by atoms with van der Waals surface area (Å²) in [5.74, 6) is -1.15. The molecule has 2 atom stereocenters. The number of anilines is 1. The zero-order chi connectivity index (χ0) is 21.7. The summed E-state index contributed by atoms with van der Waals surface area (Å²) in [5, 5.41) is 5.60. The predicted molar refractivity (Wildman–Crippen MR) is 119 cm³/mol. The number of nitrogens with one attached hydrogen (secondary N) is 2. The molecule has 2 aromatic rings. The van der Waals surface area contributed by atoms with Gasteiger partial charge in [-0.2, -0.15) is 0 Å². The molecule has 0 bridgehead atoms. The molecule has 2 aromatic carbocycles. The first-order valence-corrected chi connectivity index (χ1v) is 11.5. The zero-order valence-electron chi connectivity index (χ0n) is 17.6. The smallest absolute Gasteiger partial charge is 0.237 e. The SMILES string of the molecule is Cc1cc(C)c(NC(=O)CS(=O)CC(=O)NCC2OCCc3ccccc32)c(C)c1. The van der Waals surface area contributed by atoms with E-state index in [2.05, 4.69) is 16.7 Å². The van der Waals surface area contributed by atoms with Crippen molar-refractivity contribution in [2.75, 3.05) is 30.0 Å². The van der Waals surface area contributed by atoms with Crippen LogP contribution in [0, 0.1) is 20.8 Å². The van der Waals surface area contributed by atoms with E-state index >= 15 is 0 Å². The largest absolute Gasteiger partial charge is 0.371 e. The van der Waals surface area contributed by atoms with Crippen molar-refractivity contribution in [1.29, 1.82) is 0 Å². The van der Waals surface area contributed by atoms with Gasteiger partial charge in [0, 0.05) is 23.0 Å². The molecule has 3 rings (SSSR count). The minimum atomic E-state index is -1.59. The number of hydrogen-bond acceptors (Lipinski definition) is 4. The lowest BCUT2D eigenvalue weighted by atomic mass is 9.97. The lowest BCUT2D eigenvalue weighted by Gasteiger charge is -2.26. The van der Waals surface area contributed by atoms with E-state index in [0.717, 1.165) is 34.4 Å². The Balaban J connectivity index is 1.47. The fourth-order valence-electron chi connectivity index (χ4n) is 3.80. The standard InChI is InChI=1S/C23H28N2O4S/c1-15-10-16(2)23(17(3)11-15)25-22(27)14-30(28)13-21(26)24-12-20-19-7-5-4-6-18(19)8-9-29-20/h4-7,10-11,20H,8-9,12-14H2,1-3H3,(H,24,26)(H,25,27). The average molecular weight is 429 g/mol. The molecule has 1 heterocycles. The van der Waals surface area contributed by atoms with E-state index < -0.39 is 10.8 Å². The molecule has 2 unspecified atom stereocenters. The molecule has 0 fully saturated rings. The minimum Gasteiger partial charge on any atom is -0.371 e. The topological polar surface area (TPSA) is 84.5 Å². The summed E-state index contributed by atoms with van der Waals surface area (Å²) in [7, 11) is -1.59. The predicted octanol–water partition coefficient (Wildman–Crippen LogP) is 2.73. The van der Waals surface area contributed by atoms with Crippen LogP contribution in [-0.4, -0.2) is 40.7 Å². The summed E-state index contributed by atoms with van der Waals surface area (Å²) < 4.78 is 18.1. The molecule has 0 spiro atoms. The molecular formula is C23H28N2O4S. The summed E-state index contributed by atoms with van der Waals surface area (Å²) in [6.07, 6.45) is 0.655. The molecule has 1 aliphatic rings. The average Bonchev–Trinajstić information content (AvgIpc) is 2.69. The van der Waals surface area contributed by atoms with E-state index in [-0.39, 0.29) is 29.4 Å². The fraction of sp³-hybridized carbons (Fsp3) is 0.391. The van der Waals surface area contributed by atoms with E-state index in [0.29, 0.717) is 13.2 Å². The maximum atomic E-state index is 12.3. The summed E-state index contributed by atoms with van der Waals surface area (Å²) >= 11 is 0. The van der Waals surface area contributed by atoms with E-state index in [1.165, 1.54) is 5.56 Å². The van der Waals surface area contributed by atoms with Crippen LogP contribution in [0.5, 0.6) is 0 Å². The van der Waals surface area contributed by atoms with Gasteiger partial charge in [0.2, 0.25) is 11.8 Å². The number of fused-ring (bicyclic) bond motifs is 1. The lowest BCUT2D eigenvalue weighted by Crippen LogP contribution is -2.35. The first-order valence-electron chi connectivity index (χ1n) is 10.0. The maximum Gasteiger partial charge on any atom is 0.237 e. The van der Waals surface area contributed by atoms with Crippen molar-refractivity contribution in [3.63, 3.8) is 0 Å². The second kappa shape index (κ2) is 10.00. The number of benzene rings is 2. The number of ether oxygens (including phenoxy) is 1. The number of aryl methyl sites for hydroxylation is 3. The molecule has 0 aromatic heterocycles. The van der Waals surface area contributed by atoms with Crippen LogP contribution in [0.3, 0.4) is 0 Å². The van der Waals surface area contributed by atoms with Crippen LogP contribution in [0.4, 0.5) is 5.69 Å². The second-order valence-electron chi connectivity index (χ2n) is 7.66. The van der Waals surface area contributed by atoms with Crippen molar-refractivity contribution in [3.05, 3.63) is 64.2 Å². The van der Waals surface area contributed by atoms with Gasteiger partial charge in [-0.3, -0.25) is 13.8 Å². The van der Waals surface area contributed by atoms with Crippen molar-refractivity contribution in [2.45, 2.75) is 33.3 Å². The Bertz CT molecular complexity index is 950. The van der Waals surface area contributed by atoms with Gasteiger partial charge < -0.3 is 15.4 Å². The molecule has 7 heteroatoms. The third kappa shape index (κ3) is 5.77. The van der Waals surface area contributed by atoms with Gasteiger partial charge in [-0.15, -0.1) is 0 Å². The van der Waals surface area contributed by atoms with Crippen LogP contribution in [0.1, 0.15) is 33.9 Å². The van der Waals surface area contributed by atoms with Crippen molar-refractivity contribution >= 4 is 28.3 Å². The lowest BCUT2D eigenvalue weighted by molar-refractivity contribution is -0.119. The molecule has 160 valence electrons. The van der Waals surface area contributed by atoms with E-state index in [4.69, 9.17) is 4.74 Å². The first kappa shape index (κ1) is 22.2. The summed E-state index contributed by atoms with van der Waals surface area (Å²) in [5.41, 5.74) is 6.07. The monoisotopic (exact) mass is 428 g/mol. The Morgan fingerprint density at radius 2 is 1.73 bits per heavy atom. The summed E-state index contributed by atoms with van der Waals surface area (Å²) in [6, 6.07) is 12.0. The molecule has 0 saturated carbocycles. The Morgan fingerprint density at radius 3 is 2.47 bits per heavy atom. The molecule has 6 nitrogen and oxygen atoms in total. The number of rotatable bonds is 7. The molecule has 0 aliphatic carbocycles. The van der Waals surface area contributed by atoms with Gasteiger partial charge in [-0.25, -0.2) is 0 Å². The highest BCUT2D eigenvalue weighted by atomic mass is 32.2. The number of carbonyl (C=O) groups excluding carboxylic acids is 2. The molecule has 1 aliphatic heterocycles. The van der Waals surface area contributed by atoms with Crippen LogP contribution < -0.4 is 10.6 Å². The highest BCUT2D eigenvalue weighted by Crippen LogP contribution is 2.26. The van der Waals surface area contributed by atoms with E-state index in [1.54, 1.807) is 0 Å². The van der Waals surface area contributed by atoms with Crippen LogP contribution in [0.25, 0.3) is 0 Å². The summed E-state index contributed by atoms with van der Waals surface area (Å²) in [4.78, 5) is 24.5. The second-order valence-corrected chi connectivity index (χ2v) is 9.12. The van der Waals surface area contributed by atoms with Gasteiger partial charge in [-0.1, -0.05) is 42.0 Å². The third-order valence-electron chi connectivity index (χ3n) is 5.10. The Labute approximate surface area is 179 Å². The van der Waals surface area contributed by atoms with Gasteiger partial charge >= 0.3 is 0 Å². The van der Waals surface area contributed by atoms with Crippen molar-refractivity contribution in [3.8, 4) is 0 Å². The number of carbonyl (C=O) groups is 2. The van der Waals surface area contributed by atoms with E-state index in [9.17, 15) is 13.8 Å². The highest BCUT2D eigenvalue weighted by Gasteiger charge is 2.21. The molecule has 2 N–H and O–H groups in total. The van der Waals surface area contributed by atoms with Crippen molar-refractivity contribution < 1.29 is 18.5 Å². The molecular weight excluding hydrogens is 400 g/mol. The van der Waals surface area contributed by atoms with E-state index in [1.807, 2.05) is 51.1 Å². The Morgan fingerprint density at radius 1 is 1.07 bits per heavy atom. The molecule has 30 heavy (non-hydrogen) atoms. The van der Waals surface area contributed by atoms with Crippen LogP contribution in [0.15, 0.2) is 36.4 Å².